The molecule has 0 aromatic rings. The number of aliphatic carboxylic acids is 1. The molecule has 2 unspecified atom stereocenters. The van der Waals surface area contributed by atoms with E-state index in [0.29, 0.717) is 17.9 Å². The molecule has 1 saturated heterocycles. The molecule has 0 aromatic carbocycles. The van der Waals surface area contributed by atoms with Crippen molar-refractivity contribution >= 4 is 5.97 Å². The Morgan fingerprint density at radius 2 is 1.94 bits per heavy atom. The largest absolute Gasteiger partial charge is 0.481 e. The third-order valence-electron chi connectivity index (χ3n) is 4.39. The van der Waals surface area contributed by atoms with Crippen molar-refractivity contribution in [3.63, 3.8) is 0 Å². The number of carbonyl (C=O) groups is 1. The van der Waals surface area contributed by atoms with Crippen LogP contribution >= 0.6 is 0 Å². The fourth-order valence-corrected chi connectivity index (χ4v) is 2.98. The van der Waals surface area contributed by atoms with Crippen molar-refractivity contribution in [1.82, 2.24) is 4.90 Å². The highest BCUT2D eigenvalue weighted by Gasteiger charge is 2.38. The van der Waals surface area contributed by atoms with Gasteiger partial charge < -0.3 is 10.0 Å². The maximum atomic E-state index is 11.5. The number of carboxylic acids is 1. The quantitative estimate of drug-likeness (QED) is 0.820. The van der Waals surface area contributed by atoms with Crippen LogP contribution in [0, 0.1) is 16.7 Å². The number of carboxylic acid groups (broad SMARTS) is 1. The molecule has 3 nitrogen and oxygen atoms in total. The second-order valence-electron chi connectivity index (χ2n) is 7.20. The average molecular weight is 255 g/mol. The Labute approximate surface area is 112 Å². The lowest BCUT2D eigenvalue weighted by Gasteiger charge is -2.31. The summed E-state index contributed by atoms with van der Waals surface area (Å²) in [6.45, 7) is 13.6. The summed E-state index contributed by atoms with van der Waals surface area (Å²) in [5, 5.41) is 9.42. The highest BCUT2D eigenvalue weighted by Crippen LogP contribution is 2.35. The molecule has 1 aliphatic rings. The standard InChI is InChI=1S/C15H29NO2/c1-6-8-15(5,13(17)18)11-16-9-7-12(10-16)14(2,3)4/h12H,6-11H2,1-5H3,(H,17,18). The van der Waals surface area contributed by atoms with Crippen molar-refractivity contribution in [1.29, 1.82) is 0 Å². The summed E-state index contributed by atoms with van der Waals surface area (Å²) < 4.78 is 0. The van der Waals surface area contributed by atoms with Crippen LogP contribution in [0.15, 0.2) is 0 Å². The second-order valence-corrected chi connectivity index (χ2v) is 7.20. The van der Waals surface area contributed by atoms with Gasteiger partial charge in [-0.15, -0.1) is 0 Å². The fraction of sp³-hybridized carbons (Fsp3) is 0.933. The van der Waals surface area contributed by atoms with Crippen LogP contribution in [0.4, 0.5) is 0 Å². The first-order valence-corrected chi connectivity index (χ1v) is 7.15. The van der Waals surface area contributed by atoms with Crippen LogP contribution in [0.1, 0.15) is 53.9 Å². The minimum Gasteiger partial charge on any atom is -0.481 e. The zero-order valence-corrected chi connectivity index (χ0v) is 12.6. The molecule has 0 amide bonds. The van der Waals surface area contributed by atoms with Gasteiger partial charge in [-0.3, -0.25) is 4.79 Å². The Bertz CT molecular complexity index is 295. The van der Waals surface area contributed by atoms with E-state index in [2.05, 4.69) is 32.6 Å². The van der Waals surface area contributed by atoms with Crippen LogP contribution in [0.2, 0.25) is 0 Å². The van der Waals surface area contributed by atoms with Gasteiger partial charge in [-0.2, -0.15) is 0 Å². The van der Waals surface area contributed by atoms with Gasteiger partial charge in [0, 0.05) is 13.1 Å². The zero-order chi connectivity index (χ0) is 14.0. The van der Waals surface area contributed by atoms with E-state index in [0.717, 1.165) is 25.9 Å². The predicted octanol–water partition coefficient (Wildman–Crippen LogP) is 3.25. The van der Waals surface area contributed by atoms with Gasteiger partial charge in [0.05, 0.1) is 5.41 Å². The molecule has 1 N–H and O–H groups in total. The topological polar surface area (TPSA) is 40.5 Å². The molecule has 0 bridgehead atoms. The van der Waals surface area contributed by atoms with Crippen molar-refractivity contribution in [2.24, 2.45) is 16.7 Å². The maximum absolute atomic E-state index is 11.5. The SMILES string of the molecule is CCCC(C)(CN1CCC(C(C)(C)C)C1)C(=O)O. The molecular weight excluding hydrogens is 226 g/mol. The number of hydrogen-bond donors (Lipinski definition) is 1. The molecule has 2 atom stereocenters. The van der Waals surface area contributed by atoms with Gasteiger partial charge in [-0.25, -0.2) is 0 Å². The summed E-state index contributed by atoms with van der Waals surface area (Å²) >= 11 is 0. The zero-order valence-electron chi connectivity index (χ0n) is 12.6. The number of rotatable bonds is 5. The van der Waals surface area contributed by atoms with Crippen LogP contribution in [0.5, 0.6) is 0 Å². The van der Waals surface area contributed by atoms with Gasteiger partial charge in [-0.05, 0) is 37.6 Å². The maximum Gasteiger partial charge on any atom is 0.310 e. The van der Waals surface area contributed by atoms with E-state index < -0.39 is 11.4 Å². The third-order valence-corrected chi connectivity index (χ3v) is 4.39. The van der Waals surface area contributed by atoms with Crippen LogP contribution in [0.3, 0.4) is 0 Å². The summed E-state index contributed by atoms with van der Waals surface area (Å²) in [5.41, 5.74) is -0.249. The minimum atomic E-state index is -0.649. The van der Waals surface area contributed by atoms with Gasteiger partial charge in [-0.1, -0.05) is 34.1 Å². The lowest BCUT2D eigenvalue weighted by atomic mass is 9.80. The molecule has 1 heterocycles. The van der Waals surface area contributed by atoms with E-state index >= 15 is 0 Å². The van der Waals surface area contributed by atoms with Gasteiger partial charge in [0.2, 0.25) is 0 Å². The number of hydrogen-bond acceptors (Lipinski definition) is 2. The van der Waals surface area contributed by atoms with Crippen molar-refractivity contribution in [3.8, 4) is 0 Å². The Morgan fingerprint density at radius 3 is 2.33 bits per heavy atom. The van der Waals surface area contributed by atoms with E-state index in [-0.39, 0.29) is 0 Å². The van der Waals surface area contributed by atoms with Crippen molar-refractivity contribution in [3.05, 3.63) is 0 Å². The van der Waals surface area contributed by atoms with Crippen LogP contribution < -0.4 is 0 Å². The van der Waals surface area contributed by atoms with Gasteiger partial charge in [0.1, 0.15) is 0 Å². The molecule has 0 aliphatic carbocycles. The summed E-state index contributed by atoms with van der Waals surface area (Å²) in [5.74, 6) is 0.0423. The van der Waals surface area contributed by atoms with E-state index in [4.69, 9.17) is 0 Å². The van der Waals surface area contributed by atoms with Crippen LogP contribution in [-0.4, -0.2) is 35.6 Å². The highest BCUT2D eigenvalue weighted by atomic mass is 16.4. The predicted molar refractivity (Wildman–Crippen MR) is 74.7 cm³/mol. The smallest absolute Gasteiger partial charge is 0.310 e. The molecule has 0 aromatic heterocycles. The van der Waals surface area contributed by atoms with Crippen molar-refractivity contribution < 1.29 is 9.90 Å². The first kappa shape index (κ1) is 15.5. The number of likely N-dealkylation sites (tertiary alicyclic amines) is 1. The Hall–Kier alpha value is -0.570. The molecule has 0 radical (unpaired) electrons. The molecule has 18 heavy (non-hydrogen) atoms. The molecule has 1 aliphatic heterocycles. The first-order chi connectivity index (χ1) is 8.19. The van der Waals surface area contributed by atoms with E-state index in [1.165, 1.54) is 6.42 Å². The Kier molecular flexibility index (Phi) is 4.82. The second kappa shape index (κ2) is 5.60. The molecule has 0 spiro atoms. The van der Waals surface area contributed by atoms with Gasteiger partial charge in [0.25, 0.3) is 0 Å². The van der Waals surface area contributed by atoms with Gasteiger partial charge >= 0.3 is 5.97 Å². The normalized spacial score (nSPS) is 25.1. The summed E-state index contributed by atoms with van der Waals surface area (Å²) in [4.78, 5) is 13.8. The minimum absolute atomic E-state index is 0.332. The molecule has 0 saturated carbocycles. The molecule has 1 fully saturated rings. The third kappa shape index (κ3) is 3.71. The van der Waals surface area contributed by atoms with Crippen LogP contribution in [-0.2, 0) is 4.79 Å². The lowest BCUT2D eigenvalue weighted by Crippen LogP contribution is -2.40. The van der Waals surface area contributed by atoms with E-state index in [1.54, 1.807) is 0 Å². The molecular formula is C15H29NO2. The van der Waals surface area contributed by atoms with Crippen LogP contribution in [0.25, 0.3) is 0 Å². The van der Waals surface area contributed by atoms with Gasteiger partial charge in [0.15, 0.2) is 0 Å². The summed E-state index contributed by atoms with van der Waals surface area (Å²) in [7, 11) is 0. The lowest BCUT2D eigenvalue weighted by molar-refractivity contribution is -0.149. The average Bonchev–Trinajstić information content (AvgIpc) is 2.65. The first-order valence-electron chi connectivity index (χ1n) is 7.15. The monoisotopic (exact) mass is 255 g/mol. The van der Waals surface area contributed by atoms with E-state index in [9.17, 15) is 9.90 Å². The Morgan fingerprint density at radius 1 is 1.33 bits per heavy atom. The summed E-state index contributed by atoms with van der Waals surface area (Å²) in [6.07, 6.45) is 2.89. The molecule has 1 rings (SSSR count). The molecule has 106 valence electrons. The van der Waals surface area contributed by atoms with E-state index in [1.807, 2.05) is 6.92 Å². The number of nitrogens with zero attached hydrogens (tertiary/aromatic N) is 1. The molecule has 3 heteroatoms. The van der Waals surface area contributed by atoms with Crippen molar-refractivity contribution in [2.45, 2.75) is 53.9 Å². The Balaban J connectivity index is 2.60. The summed E-state index contributed by atoms with van der Waals surface area (Å²) in [6, 6.07) is 0. The highest BCUT2D eigenvalue weighted by molar-refractivity contribution is 5.74. The van der Waals surface area contributed by atoms with Crippen molar-refractivity contribution in [2.75, 3.05) is 19.6 Å². The fourth-order valence-electron chi connectivity index (χ4n) is 2.98.